The lowest BCUT2D eigenvalue weighted by Gasteiger charge is -2.27. The van der Waals surface area contributed by atoms with Gasteiger partial charge in [0.05, 0.1) is 5.60 Å². The predicted octanol–water partition coefficient (Wildman–Crippen LogP) is 2.78. The molecule has 1 rings (SSSR count). The third kappa shape index (κ3) is 3.56. The minimum atomic E-state index is -0.774. The normalized spacial score (nSPS) is 15.1. The highest BCUT2D eigenvalue weighted by Crippen LogP contribution is 2.19. The number of aliphatic hydroxyl groups is 1. The van der Waals surface area contributed by atoms with Crippen molar-refractivity contribution in [2.75, 3.05) is 6.61 Å². The zero-order valence-corrected chi connectivity index (χ0v) is 9.95. The van der Waals surface area contributed by atoms with E-state index in [9.17, 15) is 5.11 Å². The van der Waals surface area contributed by atoms with Gasteiger partial charge in [-0.3, -0.25) is 0 Å². The first-order valence-electron chi connectivity index (χ1n) is 5.33. The Kier molecular flexibility index (Phi) is 3.75. The van der Waals surface area contributed by atoms with Crippen molar-refractivity contribution in [2.45, 2.75) is 33.3 Å². The Balaban J connectivity index is 2.57. The number of ether oxygens (including phenoxy) is 1. The molecule has 0 aliphatic rings. The molecule has 1 N–H and O–H groups in total. The van der Waals surface area contributed by atoms with Crippen LogP contribution in [0.15, 0.2) is 24.3 Å². The molecular formula is C13H20O2. The third-order valence-electron chi connectivity index (χ3n) is 2.76. The molecule has 1 atom stereocenters. The summed E-state index contributed by atoms with van der Waals surface area (Å²) in [4.78, 5) is 0. The van der Waals surface area contributed by atoms with Gasteiger partial charge < -0.3 is 9.84 Å². The molecule has 1 aromatic carbocycles. The fraction of sp³-hybridized carbons (Fsp3) is 0.538. The molecule has 0 spiro atoms. The van der Waals surface area contributed by atoms with Crippen LogP contribution in [0, 0.1) is 12.8 Å². The van der Waals surface area contributed by atoms with Crippen molar-refractivity contribution in [3.05, 3.63) is 29.8 Å². The van der Waals surface area contributed by atoms with Gasteiger partial charge in [0.25, 0.3) is 0 Å². The first-order chi connectivity index (χ1) is 6.92. The molecule has 1 aromatic rings. The zero-order valence-electron chi connectivity index (χ0n) is 9.95. The van der Waals surface area contributed by atoms with Crippen LogP contribution in [0.4, 0.5) is 0 Å². The number of rotatable bonds is 4. The van der Waals surface area contributed by atoms with Crippen LogP contribution in [0.2, 0.25) is 0 Å². The fourth-order valence-electron chi connectivity index (χ4n) is 1.10. The Morgan fingerprint density at radius 3 is 2.60 bits per heavy atom. The van der Waals surface area contributed by atoms with Crippen molar-refractivity contribution in [3.63, 3.8) is 0 Å². The smallest absolute Gasteiger partial charge is 0.119 e. The molecule has 1 unspecified atom stereocenters. The van der Waals surface area contributed by atoms with Crippen LogP contribution < -0.4 is 4.74 Å². The van der Waals surface area contributed by atoms with Gasteiger partial charge in [-0.2, -0.15) is 0 Å². The average molecular weight is 208 g/mol. The Morgan fingerprint density at radius 1 is 1.40 bits per heavy atom. The highest BCUT2D eigenvalue weighted by Gasteiger charge is 2.25. The van der Waals surface area contributed by atoms with Crippen molar-refractivity contribution < 1.29 is 9.84 Å². The monoisotopic (exact) mass is 208 g/mol. The van der Waals surface area contributed by atoms with Crippen LogP contribution in [0.5, 0.6) is 5.75 Å². The van der Waals surface area contributed by atoms with Gasteiger partial charge in [0.1, 0.15) is 12.4 Å². The summed E-state index contributed by atoms with van der Waals surface area (Å²) in [6, 6.07) is 7.85. The van der Waals surface area contributed by atoms with Gasteiger partial charge in [0, 0.05) is 0 Å². The Bertz CT molecular complexity index is 316. The van der Waals surface area contributed by atoms with Crippen molar-refractivity contribution in [1.29, 1.82) is 0 Å². The summed E-state index contributed by atoms with van der Waals surface area (Å²) in [7, 11) is 0. The topological polar surface area (TPSA) is 29.5 Å². The molecule has 2 heteroatoms. The van der Waals surface area contributed by atoms with Gasteiger partial charge in [0.15, 0.2) is 0 Å². The molecule has 0 amide bonds. The van der Waals surface area contributed by atoms with E-state index in [1.165, 1.54) is 0 Å². The molecule has 2 nitrogen and oxygen atoms in total. The lowest BCUT2D eigenvalue weighted by Crippen LogP contribution is -2.37. The third-order valence-corrected chi connectivity index (χ3v) is 2.76. The van der Waals surface area contributed by atoms with Gasteiger partial charge in [-0.05, 0) is 37.5 Å². The fourth-order valence-corrected chi connectivity index (χ4v) is 1.10. The molecule has 0 fully saturated rings. The first-order valence-corrected chi connectivity index (χ1v) is 5.33. The highest BCUT2D eigenvalue weighted by molar-refractivity contribution is 5.27. The van der Waals surface area contributed by atoms with Crippen molar-refractivity contribution in [3.8, 4) is 5.75 Å². The van der Waals surface area contributed by atoms with E-state index in [1.807, 2.05) is 45.0 Å². The SMILES string of the molecule is Cc1cccc(OCC(C)(O)C(C)C)c1. The second-order valence-electron chi connectivity index (χ2n) is 4.62. The lowest BCUT2D eigenvalue weighted by atomic mass is 9.94. The standard InChI is InChI=1S/C13H20O2/c1-10(2)13(4,14)9-15-12-7-5-6-11(3)8-12/h5-8,10,14H,9H2,1-4H3. The molecular weight excluding hydrogens is 188 g/mol. The van der Waals surface area contributed by atoms with E-state index < -0.39 is 5.60 Å². The van der Waals surface area contributed by atoms with E-state index in [-0.39, 0.29) is 5.92 Å². The van der Waals surface area contributed by atoms with Gasteiger partial charge in [-0.15, -0.1) is 0 Å². The maximum atomic E-state index is 10.00. The van der Waals surface area contributed by atoms with E-state index in [0.717, 1.165) is 11.3 Å². The summed E-state index contributed by atoms with van der Waals surface area (Å²) in [6.07, 6.45) is 0. The van der Waals surface area contributed by atoms with Crippen LogP contribution >= 0.6 is 0 Å². The molecule has 0 saturated carbocycles. The molecule has 0 aliphatic heterocycles. The van der Waals surface area contributed by atoms with Crippen molar-refractivity contribution in [1.82, 2.24) is 0 Å². The van der Waals surface area contributed by atoms with Crippen molar-refractivity contribution in [2.24, 2.45) is 5.92 Å². The summed E-state index contributed by atoms with van der Waals surface area (Å²) in [5.74, 6) is 0.998. The number of hydrogen-bond donors (Lipinski definition) is 1. The summed E-state index contributed by atoms with van der Waals surface area (Å²) >= 11 is 0. The molecule has 0 aromatic heterocycles. The lowest BCUT2D eigenvalue weighted by molar-refractivity contribution is -0.0266. The van der Waals surface area contributed by atoms with E-state index >= 15 is 0 Å². The van der Waals surface area contributed by atoms with Gasteiger partial charge >= 0.3 is 0 Å². The Labute approximate surface area is 91.9 Å². The molecule has 0 bridgehead atoms. The second-order valence-corrected chi connectivity index (χ2v) is 4.62. The van der Waals surface area contributed by atoms with E-state index in [4.69, 9.17) is 4.74 Å². The molecule has 0 saturated heterocycles. The molecule has 15 heavy (non-hydrogen) atoms. The molecule has 0 aliphatic carbocycles. The maximum absolute atomic E-state index is 10.00. The minimum absolute atomic E-state index is 0.183. The number of aryl methyl sites for hydroxylation is 1. The average Bonchev–Trinajstić information content (AvgIpc) is 2.15. The highest BCUT2D eigenvalue weighted by atomic mass is 16.5. The molecule has 0 heterocycles. The van der Waals surface area contributed by atoms with E-state index in [2.05, 4.69) is 0 Å². The summed E-state index contributed by atoms with van der Waals surface area (Å²) < 4.78 is 5.56. The van der Waals surface area contributed by atoms with Crippen LogP contribution in [-0.4, -0.2) is 17.3 Å². The quantitative estimate of drug-likeness (QED) is 0.824. The largest absolute Gasteiger partial charge is 0.491 e. The van der Waals surface area contributed by atoms with Crippen molar-refractivity contribution >= 4 is 0 Å². The number of hydrogen-bond acceptors (Lipinski definition) is 2. The minimum Gasteiger partial charge on any atom is -0.491 e. The van der Waals surface area contributed by atoms with Crippen LogP contribution in [0.3, 0.4) is 0 Å². The molecule has 0 radical (unpaired) electrons. The summed E-state index contributed by atoms with van der Waals surface area (Å²) in [5.41, 5.74) is 0.390. The predicted molar refractivity (Wildman–Crippen MR) is 62.1 cm³/mol. The summed E-state index contributed by atoms with van der Waals surface area (Å²) in [5, 5.41) is 10.00. The van der Waals surface area contributed by atoms with Gasteiger partial charge in [-0.1, -0.05) is 26.0 Å². The summed E-state index contributed by atoms with van der Waals surface area (Å²) in [6.45, 7) is 8.12. The maximum Gasteiger partial charge on any atom is 0.119 e. The van der Waals surface area contributed by atoms with Gasteiger partial charge in [0.2, 0.25) is 0 Å². The Hall–Kier alpha value is -1.02. The molecule has 84 valence electrons. The van der Waals surface area contributed by atoms with Crippen LogP contribution in [0.25, 0.3) is 0 Å². The zero-order chi connectivity index (χ0) is 11.5. The number of benzene rings is 1. The van der Waals surface area contributed by atoms with Crippen LogP contribution in [-0.2, 0) is 0 Å². The van der Waals surface area contributed by atoms with Crippen LogP contribution in [0.1, 0.15) is 26.3 Å². The van der Waals surface area contributed by atoms with E-state index in [1.54, 1.807) is 6.92 Å². The first kappa shape index (κ1) is 12.1. The van der Waals surface area contributed by atoms with E-state index in [0.29, 0.717) is 6.61 Å². The van der Waals surface area contributed by atoms with Gasteiger partial charge in [-0.25, -0.2) is 0 Å². The second kappa shape index (κ2) is 4.67. The Morgan fingerprint density at radius 2 is 2.07 bits per heavy atom.